The van der Waals surface area contributed by atoms with Crippen LogP contribution in [0.5, 0.6) is 5.88 Å². The number of nitrogens with zero attached hydrogens (tertiary/aromatic N) is 1. The minimum atomic E-state index is -0.187. The van der Waals surface area contributed by atoms with E-state index in [1.807, 2.05) is 13.0 Å². The van der Waals surface area contributed by atoms with Gasteiger partial charge in [-0.2, -0.15) is 0 Å². The molecule has 0 aliphatic heterocycles. The molecule has 0 N–H and O–H groups in total. The monoisotopic (exact) mass is 323 g/mol. The molecule has 0 radical (unpaired) electrons. The summed E-state index contributed by atoms with van der Waals surface area (Å²) < 4.78 is 6.73. The van der Waals surface area contributed by atoms with E-state index in [4.69, 9.17) is 4.74 Å². The smallest absolute Gasteiger partial charge is 0.213 e. The largest absolute Gasteiger partial charge is 0.477 e. The molecular formula is C15H18BrNO2. The molecule has 0 spiro atoms. The molecule has 1 aromatic heterocycles. The van der Waals surface area contributed by atoms with E-state index >= 15 is 0 Å². The van der Waals surface area contributed by atoms with E-state index in [0.717, 1.165) is 35.7 Å². The van der Waals surface area contributed by atoms with Gasteiger partial charge in [0.15, 0.2) is 0 Å². The predicted octanol–water partition coefficient (Wildman–Crippen LogP) is 3.68. The molecule has 0 bridgehead atoms. The number of carbonyl (C=O) groups excluding carboxylic acids is 1. The molecule has 2 aliphatic rings. The number of hydrogen-bond donors (Lipinski definition) is 0. The van der Waals surface area contributed by atoms with E-state index in [9.17, 15) is 4.79 Å². The van der Waals surface area contributed by atoms with Crippen molar-refractivity contribution >= 4 is 21.7 Å². The van der Waals surface area contributed by atoms with E-state index in [1.165, 1.54) is 6.42 Å². The third-order valence-corrected chi connectivity index (χ3v) is 5.20. The second-order valence-corrected chi connectivity index (χ2v) is 6.69. The highest BCUT2D eigenvalue weighted by molar-refractivity contribution is 9.10. The molecule has 2 aliphatic carbocycles. The van der Waals surface area contributed by atoms with Gasteiger partial charge in [0.25, 0.3) is 0 Å². The van der Waals surface area contributed by atoms with Crippen LogP contribution in [0.15, 0.2) is 16.7 Å². The van der Waals surface area contributed by atoms with Crippen LogP contribution in [0.4, 0.5) is 0 Å². The lowest BCUT2D eigenvalue weighted by Gasteiger charge is -2.28. The van der Waals surface area contributed by atoms with Gasteiger partial charge in [0.2, 0.25) is 5.88 Å². The number of halogens is 1. The van der Waals surface area contributed by atoms with Crippen LogP contribution < -0.4 is 4.74 Å². The van der Waals surface area contributed by atoms with Crippen LogP contribution in [0.1, 0.15) is 37.7 Å². The average Bonchev–Trinajstić information content (AvgIpc) is 3.10. The van der Waals surface area contributed by atoms with Gasteiger partial charge in [-0.05, 0) is 54.1 Å². The molecule has 1 aromatic rings. The number of pyridine rings is 1. The summed E-state index contributed by atoms with van der Waals surface area (Å²) in [5, 5.41) is 0. The number of ether oxygens (including phenoxy) is 1. The summed E-state index contributed by atoms with van der Waals surface area (Å²) in [6.45, 7) is 2.50. The fourth-order valence-corrected chi connectivity index (χ4v) is 2.74. The molecule has 1 heterocycles. The topological polar surface area (TPSA) is 39.2 Å². The van der Waals surface area contributed by atoms with Gasteiger partial charge in [-0.1, -0.05) is 6.42 Å². The first-order valence-corrected chi connectivity index (χ1v) is 7.69. The lowest BCUT2D eigenvalue weighted by Crippen LogP contribution is -2.33. The minimum absolute atomic E-state index is 0.187. The molecule has 0 aromatic carbocycles. The summed E-state index contributed by atoms with van der Waals surface area (Å²) in [6, 6.07) is 1.91. The van der Waals surface area contributed by atoms with Gasteiger partial charge in [0, 0.05) is 22.7 Å². The normalized spacial score (nSPS) is 20.7. The Labute approximate surface area is 121 Å². The van der Waals surface area contributed by atoms with Crippen molar-refractivity contribution in [3.63, 3.8) is 0 Å². The Morgan fingerprint density at radius 1 is 1.53 bits per heavy atom. The molecule has 0 saturated heterocycles. The van der Waals surface area contributed by atoms with Gasteiger partial charge >= 0.3 is 0 Å². The first-order chi connectivity index (χ1) is 9.11. The van der Waals surface area contributed by atoms with E-state index in [-0.39, 0.29) is 5.41 Å². The van der Waals surface area contributed by atoms with Crippen LogP contribution >= 0.6 is 15.9 Å². The van der Waals surface area contributed by atoms with Crippen molar-refractivity contribution in [1.29, 1.82) is 0 Å². The van der Waals surface area contributed by atoms with Crippen molar-refractivity contribution in [1.82, 2.24) is 4.98 Å². The molecule has 4 heteroatoms. The maximum Gasteiger partial charge on any atom is 0.213 e. The molecule has 2 saturated carbocycles. The second-order valence-electron chi connectivity index (χ2n) is 5.83. The van der Waals surface area contributed by atoms with Crippen molar-refractivity contribution in [2.45, 2.75) is 39.0 Å². The fourth-order valence-electron chi connectivity index (χ4n) is 2.52. The van der Waals surface area contributed by atoms with Crippen LogP contribution in [0.25, 0.3) is 0 Å². The standard InChI is InChI=1S/C15H18BrNO2/c1-10-7-13(17-8-12(10)16)19-9-15(5-6-15)14(18)11-3-2-4-11/h7-8,11H,2-6,9H2,1H3. The van der Waals surface area contributed by atoms with Gasteiger partial charge in [-0.15, -0.1) is 0 Å². The lowest BCUT2D eigenvalue weighted by molar-refractivity contribution is -0.131. The third kappa shape index (κ3) is 2.55. The zero-order valence-corrected chi connectivity index (χ0v) is 12.7. The first kappa shape index (κ1) is 13.1. The molecule has 0 unspecified atom stereocenters. The third-order valence-electron chi connectivity index (χ3n) is 4.37. The number of rotatable bonds is 5. The number of Topliss-reactive ketones (excluding diaryl/α,β-unsaturated/α-hetero) is 1. The Balaban J connectivity index is 1.62. The first-order valence-electron chi connectivity index (χ1n) is 6.90. The molecule has 3 nitrogen and oxygen atoms in total. The molecule has 2 fully saturated rings. The summed E-state index contributed by atoms with van der Waals surface area (Å²) >= 11 is 3.42. The second kappa shape index (κ2) is 4.89. The van der Waals surface area contributed by atoms with Crippen molar-refractivity contribution in [3.8, 4) is 5.88 Å². The van der Waals surface area contributed by atoms with Gasteiger partial charge in [-0.25, -0.2) is 4.98 Å². The molecule has 3 rings (SSSR count). The number of hydrogen-bond acceptors (Lipinski definition) is 3. The maximum absolute atomic E-state index is 12.3. The lowest BCUT2D eigenvalue weighted by atomic mass is 9.77. The van der Waals surface area contributed by atoms with E-state index in [0.29, 0.717) is 24.2 Å². The highest BCUT2D eigenvalue weighted by Crippen LogP contribution is 2.51. The van der Waals surface area contributed by atoms with Crippen LogP contribution in [0.3, 0.4) is 0 Å². The summed E-state index contributed by atoms with van der Waals surface area (Å²) in [6.07, 6.45) is 7.08. The van der Waals surface area contributed by atoms with Gasteiger partial charge < -0.3 is 4.74 Å². The highest BCUT2D eigenvalue weighted by atomic mass is 79.9. The van der Waals surface area contributed by atoms with Crippen molar-refractivity contribution in [2.75, 3.05) is 6.61 Å². The Morgan fingerprint density at radius 3 is 2.79 bits per heavy atom. The Morgan fingerprint density at radius 2 is 2.26 bits per heavy atom. The molecular weight excluding hydrogens is 306 g/mol. The number of aromatic nitrogens is 1. The Kier molecular flexibility index (Phi) is 3.37. The minimum Gasteiger partial charge on any atom is -0.477 e. The molecule has 0 atom stereocenters. The van der Waals surface area contributed by atoms with E-state index < -0.39 is 0 Å². The summed E-state index contributed by atoms with van der Waals surface area (Å²) in [5.41, 5.74) is 0.911. The fraction of sp³-hybridized carbons (Fsp3) is 0.600. The molecule has 19 heavy (non-hydrogen) atoms. The predicted molar refractivity (Wildman–Crippen MR) is 76.2 cm³/mol. The highest BCUT2D eigenvalue weighted by Gasteiger charge is 2.53. The van der Waals surface area contributed by atoms with Crippen LogP contribution in [-0.4, -0.2) is 17.4 Å². The quantitative estimate of drug-likeness (QED) is 0.829. The van der Waals surface area contributed by atoms with Crippen molar-refractivity contribution in [2.24, 2.45) is 11.3 Å². The summed E-state index contributed by atoms with van der Waals surface area (Å²) in [5.74, 6) is 1.37. The van der Waals surface area contributed by atoms with Gasteiger partial charge in [-0.3, -0.25) is 4.79 Å². The Bertz CT molecular complexity index is 507. The molecule has 0 amide bonds. The van der Waals surface area contributed by atoms with Crippen LogP contribution in [0, 0.1) is 18.3 Å². The van der Waals surface area contributed by atoms with Gasteiger partial charge in [0.1, 0.15) is 12.4 Å². The summed E-state index contributed by atoms with van der Waals surface area (Å²) in [4.78, 5) is 16.6. The van der Waals surface area contributed by atoms with Gasteiger partial charge in [0.05, 0.1) is 5.41 Å². The maximum atomic E-state index is 12.3. The SMILES string of the molecule is Cc1cc(OCC2(C(=O)C3CCC3)CC2)ncc1Br. The zero-order valence-electron chi connectivity index (χ0n) is 11.1. The number of carbonyl (C=O) groups is 1. The number of aryl methyl sites for hydroxylation is 1. The average molecular weight is 324 g/mol. The van der Waals surface area contributed by atoms with Crippen LogP contribution in [-0.2, 0) is 4.79 Å². The van der Waals surface area contributed by atoms with Crippen molar-refractivity contribution in [3.05, 3.63) is 22.3 Å². The number of ketones is 1. The Hall–Kier alpha value is -0.900. The van der Waals surface area contributed by atoms with E-state index in [1.54, 1.807) is 6.20 Å². The van der Waals surface area contributed by atoms with Crippen molar-refractivity contribution < 1.29 is 9.53 Å². The van der Waals surface area contributed by atoms with Crippen LogP contribution in [0.2, 0.25) is 0 Å². The van der Waals surface area contributed by atoms with E-state index in [2.05, 4.69) is 20.9 Å². The summed E-state index contributed by atoms with van der Waals surface area (Å²) in [7, 11) is 0. The molecule has 102 valence electrons. The zero-order chi connectivity index (χ0) is 13.5.